The third-order valence-electron chi connectivity index (χ3n) is 3.96. The molecule has 21 heavy (non-hydrogen) atoms. The Kier molecular flexibility index (Phi) is 3.81. The number of aromatic nitrogens is 1. The Morgan fingerprint density at radius 3 is 2.48 bits per heavy atom. The van der Waals surface area contributed by atoms with Gasteiger partial charge in [0.15, 0.2) is 0 Å². The molecule has 1 heterocycles. The van der Waals surface area contributed by atoms with Crippen molar-refractivity contribution in [2.24, 2.45) is 4.99 Å². The van der Waals surface area contributed by atoms with Gasteiger partial charge in [-0.05, 0) is 62.8 Å². The first-order valence-corrected chi connectivity index (χ1v) is 7.73. The second kappa shape index (κ2) is 5.61. The Morgan fingerprint density at radius 2 is 1.76 bits per heavy atom. The number of halogens is 1. The van der Waals surface area contributed by atoms with Gasteiger partial charge in [-0.2, -0.15) is 0 Å². The molecule has 0 radical (unpaired) electrons. The smallest absolute Gasteiger partial charge is 0.129 e. The monoisotopic (exact) mass is 298 g/mol. The molecule has 0 aliphatic heterocycles. The van der Waals surface area contributed by atoms with Gasteiger partial charge in [-0.1, -0.05) is 35.4 Å². The normalized spacial score (nSPS) is 16.1. The molecule has 0 saturated carbocycles. The van der Waals surface area contributed by atoms with Gasteiger partial charge >= 0.3 is 0 Å². The van der Waals surface area contributed by atoms with E-state index in [2.05, 4.69) is 44.0 Å². The predicted molar refractivity (Wildman–Crippen MR) is 89.0 cm³/mol. The molecule has 3 rings (SSSR count). The van der Waals surface area contributed by atoms with E-state index in [0.717, 1.165) is 36.4 Å². The van der Waals surface area contributed by atoms with Gasteiger partial charge in [-0.25, -0.2) is 4.98 Å². The van der Waals surface area contributed by atoms with Crippen LogP contribution in [-0.4, -0.2) is 10.7 Å². The van der Waals surface area contributed by atoms with Crippen molar-refractivity contribution in [1.82, 2.24) is 4.98 Å². The molecule has 1 aliphatic carbocycles. The van der Waals surface area contributed by atoms with Crippen LogP contribution in [0.3, 0.4) is 0 Å². The standard InChI is InChI=1S/C18H19ClN2/c1-11-9-12(2)17(13(3)10-11)20-15-6-4-5-14-7-8-16(19)21-18(14)15/h7-10H,4-6H2,1-3H3. The first kappa shape index (κ1) is 14.3. The van der Waals surface area contributed by atoms with Crippen molar-refractivity contribution in [3.05, 3.63) is 57.4 Å². The fraction of sp³-hybridized carbons (Fsp3) is 0.333. The van der Waals surface area contributed by atoms with E-state index >= 15 is 0 Å². The average Bonchev–Trinajstić information content (AvgIpc) is 2.43. The van der Waals surface area contributed by atoms with Crippen molar-refractivity contribution in [3.8, 4) is 0 Å². The van der Waals surface area contributed by atoms with E-state index in [-0.39, 0.29) is 0 Å². The molecule has 1 aliphatic rings. The van der Waals surface area contributed by atoms with Crippen LogP contribution in [0.2, 0.25) is 5.15 Å². The van der Waals surface area contributed by atoms with Crippen molar-refractivity contribution in [2.45, 2.75) is 40.0 Å². The summed E-state index contributed by atoms with van der Waals surface area (Å²) in [6.45, 7) is 6.36. The molecule has 0 atom stereocenters. The SMILES string of the molecule is Cc1cc(C)c(N=C2CCCc3ccc(Cl)nc32)c(C)c1. The highest BCUT2D eigenvalue weighted by Gasteiger charge is 2.18. The number of aliphatic imine (C=N–C) groups is 1. The zero-order valence-corrected chi connectivity index (χ0v) is 13.5. The Hall–Kier alpha value is -1.67. The lowest BCUT2D eigenvalue weighted by Gasteiger charge is -2.18. The first-order chi connectivity index (χ1) is 10.0. The predicted octanol–water partition coefficient (Wildman–Crippen LogP) is 5.12. The number of hydrogen-bond donors (Lipinski definition) is 0. The fourth-order valence-electron chi connectivity index (χ4n) is 3.07. The second-order valence-electron chi connectivity index (χ2n) is 5.80. The van der Waals surface area contributed by atoms with Crippen LogP contribution in [-0.2, 0) is 6.42 Å². The number of pyridine rings is 1. The van der Waals surface area contributed by atoms with Crippen molar-refractivity contribution < 1.29 is 0 Å². The highest BCUT2D eigenvalue weighted by molar-refractivity contribution is 6.29. The van der Waals surface area contributed by atoms with E-state index in [1.54, 1.807) is 0 Å². The summed E-state index contributed by atoms with van der Waals surface area (Å²) >= 11 is 6.06. The van der Waals surface area contributed by atoms with Crippen molar-refractivity contribution in [2.75, 3.05) is 0 Å². The maximum Gasteiger partial charge on any atom is 0.129 e. The molecule has 0 spiro atoms. The number of rotatable bonds is 1. The molecule has 0 unspecified atom stereocenters. The van der Waals surface area contributed by atoms with Gasteiger partial charge in [0, 0.05) is 0 Å². The summed E-state index contributed by atoms with van der Waals surface area (Å²) in [6, 6.07) is 8.31. The number of fused-ring (bicyclic) bond motifs is 1. The summed E-state index contributed by atoms with van der Waals surface area (Å²) in [4.78, 5) is 9.44. The van der Waals surface area contributed by atoms with Gasteiger partial charge in [-0.15, -0.1) is 0 Å². The molecule has 2 aromatic rings. The lowest BCUT2D eigenvalue weighted by atomic mass is 9.94. The molecule has 0 fully saturated rings. The molecule has 1 aromatic carbocycles. The number of aryl methyl sites for hydroxylation is 4. The van der Waals surface area contributed by atoms with E-state index in [0.29, 0.717) is 5.15 Å². The van der Waals surface area contributed by atoms with E-state index in [1.165, 1.54) is 22.3 Å². The molecule has 3 heteroatoms. The van der Waals surface area contributed by atoms with Crippen molar-refractivity contribution >= 4 is 23.0 Å². The van der Waals surface area contributed by atoms with Gasteiger partial charge in [0.05, 0.1) is 17.1 Å². The average molecular weight is 299 g/mol. The zero-order valence-electron chi connectivity index (χ0n) is 12.7. The van der Waals surface area contributed by atoms with Gasteiger partial charge in [0.25, 0.3) is 0 Å². The first-order valence-electron chi connectivity index (χ1n) is 7.36. The van der Waals surface area contributed by atoms with E-state index in [1.807, 2.05) is 6.07 Å². The second-order valence-corrected chi connectivity index (χ2v) is 6.19. The summed E-state index contributed by atoms with van der Waals surface area (Å²) in [5, 5.41) is 0.542. The Morgan fingerprint density at radius 1 is 1.05 bits per heavy atom. The zero-order chi connectivity index (χ0) is 15.0. The van der Waals surface area contributed by atoms with Gasteiger partial charge in [0.2, 0.25) is 0 Å². The maximum atomic E-state index is 6.06. The molecule has 0 amide bonds. The Balaban J connectivity index is 2.12. The van der Waals surface area contributed by atoms with Crippen LogP contribution >= 0.6 is 11.6 Å². The fourth-order valence-corrected chi connectivity index (χ4v) is 3.22. The van der Waals surface area contributed by atoms with Crippen LogP contribution in [0.15, 0.2) is 29.3 Å². The van der Waals surface area contributed by atoms with Crippen LogP contribution in [0, 0.1) is 20.8 Å². The molecule has 108 valence electrons. The van der Waals surface area contributed by atoms with Gasteiger partial charge in [-0.3, -0.25) is 4.99 Å². The quantitative estimate of drug-likeness (QED) is 0.671. The van der Waals surface area contributed by atoms with Crippen molar-refractivity contribution in [1.29, 1.82) is 0 Å². The number of hydrogen-bond acceptors (Lipinski definition) is 2. The highest BCUT2D eigenvalue weighted by Crippen LogP contribution is 2.29. The third kappa shape index (κ3) is 2.86. The summed E-state index contributed by atoms with van der Waals surface area (Å²) < 4.78 is 0. The highest BCUT2D eigenvalue weighted by atomic mass is 35.5. The summed E-state index contributed by atoms with van der Waals surface area (Å²) in [7, 11) is 0. The van der Waals surface area contributed by atoms with E-state index < -0.39 is 0 Å². The van der Waals surface area contributed by atoms with E-state index in [9.17, 15) is 0 Å². The molecular weight excluding hydrogens is 280 g/mol. The third-order valence-corrected chi connectivity index (χ3v) is 4.17. The van der Waals surface area contributed by atoms with Crippen LogP contribution in [0.25, 0.3) is 0 Å². The Bertz CT molecular complexity index is 709. The lowest BCUT2D eigenvalue weighted by Crippen LogP contribution is -2.14. The van der Waals surface area contributed by atoms with Crippen LogP contribution < -0.4 is 0 Å². The molecule has 2 nitrogen and oxygen atoms in total. The summed E-state index contributed by atoms with van der Waals surface area (Å²) in [5.74, 6) is 0. The van der Waals surface area contributed by atoms with Crippen molar-refractivity contribution in [3.63, 3.8) is 0 Å². The summed E-state index contributed by atoms with van der Waals surface area (Å²) in [5.41, 5.74) is 8.08. The molecular formula is C18H19ClN2. The Labute approximate surface area is 130 Å². The molecule has 0 N–H and O–H groups in total. The largest absolute Gasteiger partial charge is 0.251 e. The number of nitrogens with zero attached hydrogens (tertiary/aromatic N) is 2. The van der Waals surface area contributed by atoms with E-state index in [4.69, 9.17) is 16.6 Å². The molecule has 1 aromatic heterocycles. The minimum atomic E-state index is 0.542. The van der Waals surface area contributed by atoms with Gasteiger partial charge < -0.3 is 0 Å². The van der Waals surface area contributed by atoms with Gasteiger partial charge in [0.1, 0.15) is 5.15 Å². The van der Waals surface area contributed by atoms with Crippen LogP contribution in [0.1, 0.15) is 40.8 Å². The summed E-state index contributed by atoms with van der Waals surface area (Å²) in [6.07, 6.45) is 3.15. The minimum Gasteiger partial charge on any atom is -0.251 e. The van der Waals surface area contributed by atoms with Crippen LogP contribution in [0.4, 0.5) is 5.69 Å². The molecule has 0 saturated heterocycles. The van der Waals surface area contributed by atoms with Crippen LogP contribution in [0.5, 0.6) is 0 Å². The minimum absolute atomic E-state index is 0.542. The molecule has 0 bridgehead atoms. The lowest BCUT2D eigenvalue weighted by molar-refractivity contribution is 0.826. The topological polar surface area (TPSA) is 25.2 Å². The maximum absolute atomic E-state index is 6.06. The number of benzene rings is 1.